The molecule has 6 nitrogen and oxygen atoms in total. The normalized spacial score (nSPS) is 20.4. The minimum absolute atomic E-state index is 0.0127. The molecule has 1 amide bonds. The van der Waals surface area contributed by atoms with Gasteiger partial charge in [-0.3, -0.25) is 14.7 Å². The molecule has 0 N–H and O–H groups in total. The summed E-state index contributed by atoms with van der Waals surface area (Å²) in [7, 11) is -4.56. The van der Waals surface area contributed by atoms with Crippen molar-refractivity contribution in [1.82, 2.24) is 9.97 Å². The van der Waals surface area contributed by atoms with Crippen LogP contribution in [0.3, 0.4) is 0 Å². The van der Waals surface area contributed by atoms with E-state index < -0.39 is 21.9 Å². The molecule has 0 spiro atoms. The molecule has 2 heterocycles. The van der Waals surface area contributed by atoms with Crippen molar-refractivity contribution < 1.29 is 17.1 Å². The van der Waals surface area contributed by atoms with Gasteiger partial charge in [-0.05, 0) is 6.92 Å². The largest absolute Gasteiger partial charge is 0.302 e. The van der Waals surface area contributed by atoms with Crippen molar-refractivity contribution in [3.8, 4) is 0 Å². The first-order valence-corrected chi connectivity index (χ1v) is 6.92. The number of rotatable bonds is 3. The van der Waals surface area contributed by atoms with Gasteiger partial charge in [0, 0.05) is 25.1 Å². The van der Waals surface area contributed by atoms with E-state index in [2.05, 4.69) is 9.97 Å². The number of aromatic nitrogens is 2. The smallest absolute Gasteiger partial charge is 0.295 e. The van der Waals surface area contributed by atoms with Crippen LogP contribution in [0.2, 0.25) is 0 Å². The number of hydrogen-bond acceptors (Lipinski definition) is 5. The molecule has 98 valence electrons. The van der Waals surface area contributed by atoms with Crippen LogP contribution >= 0.6 is 0 Å². The van der Waals surface area contributed by atoms with E-state index in [1.165, 1.54) is 11.1 Å². The molecule has 8 heteroatoms. The van der Waals surface area contributed by atoms with E-state index in [4.69, 9.17) is 0 Å². The summed E-state index contributed by atoms with van der Waals surface area (Å²) in [6, 6.07) is 0. The molecule has 0 saturated carbocycles. The lowest BCUT2D eigenvalue weighted by atomic mass is 10.1. The van der Waals surface area contributed by atoms with Gasteiger partial charge in [-0.15, -0.1) is 3.89 Å². The third-order valence-corrected chi connectivity index (χ3v) is 3.53. The van der Waals surface area contributed by atoms with Crippen LogP contribution in [0.5, 0.6) is 0 Å². The summed E-state index contributed by atoms with van der Waals surface area (Å²) in [6.45, 7) is 1.89. The van der Waals surface area contributed by atoms with Crippen LogP contribution < -0.4 is 4.90 Å². The molecule has 0 aromatic carbocycles. The van der Waals surface area contributed by atoms with Crippen LogP contribution in [0.25, 0.3) is 0 Å². The van der Waals surface area contributed by atoms with Crippen molar-refractivity contribution in [2.45, 2.75) is 13.3 Å². The van der Waals surface area contributed by atoms with E-state index in [9.17, 15) is 17.1 Å². The van der Waals surface area contributed by atoms with Crippen LogP contribution in [0.1, 0.15) is 12.1 Å². The van der Waals surface area contributed by atoms with Crippen molar-refractivity contribution in [3.63, 3.8) is 0 Å². The van der Waals surface area contributed by atoms with Gasteiger partial charge in [0.2, 0.25) is 5.91 Å². The summed E-state index contributed by atoms with van der Waals surface area (Å²) in [5.41, 5.74) is 0.655. The first kappa shape index (κ1) is 12.9. The van der Waals surface area contributed by atoms with Crippen molar-refractivity contribution >= 4 is 21.9 Å². The van der Waals surface area contributed by atoms with E-state index in [1.54, 1.807) is 13.1 Å². The number of carbonyl (C=O) groups is 1. The second kappa shape index (κ2) is 4.60. The molecule has 1 atom stereocenters. The predicted octanol–water partition coefficient (Wildman–Crippen LogP) is 0.437. The van der Waals surface area contributed by atoms with Gasteiger partial charge in [0.05, 0.1) is 17.6 Å². The lowest BCUT2D eigenvalue weighted by molar-refractivity contribution is -0.117. The van der Waals surface area contributed by atoms with Crippen LogP contribution in [0, 0.1) is 12.8 Å². The Labute approximate surface area is 104 Å². The predicted molar refractivity (Wildman–Crippen MR) is 62.1 cm³/mol. The van der Waals surface area contributed by atoms with Crippen LogP contribution in [-0.4, -0.2) is 36.6 Å². The van der Waals surface area contributed by atoms with Crippen molar-refractivity contribution in [2.75, 3.05) is 17.2 Å². The van der Waals surface area contributed by atoms with Gasteiger partial charge < -0.3 is 0 Å². The maximum Gasteiger partial charge on any atom is 0.302 e. The molecule has 18 heavy (non-hydrogen) atoms. The highest BCUT2D eigenvalue weighted by atomic mass is 32.3. The fraction of sp³-hybridized carbons (Fsp3) is 0.500. The molecule has 0 radical (unpaired) electrons. The first-order chi connectivity index (χ1) is 8.35. The van der Waals surface area contributed by atoms with Crippen LogP contribution in [0.15, 0.2) is 12.4 Å². The fourth-order valence-electron chi connectivity index (χ4n) is 1.98. The topological polar surface area (TPSA) is 80.2 Å². The molecule has 1 saturated heterocycles. The lowest BCUT2D eigenvalue weighted by Gasteiger charge is -2.14. The molecule has 1 unspecified atom stereocenters. The molecule has 1 aromatic heterocycles. The molecule has 0 aliphatic carbocycles. The van der Waals surface area contributed by atoms with E-state index in [1.807, 2.05) is 0 Å². The number of halogens is 1. The molecular formula is C10H12FN3O3S. The van der Waals surface area contributed by atoms with Gasteiger partial charge in [0.25, 0.3) is 0 Å². The highest BCUT2D eigenvalue weighted by molar-refractivity contribution is 7.86. The highest BCUT2D eigenvalue weighted by Gasteiger charge is 2.34. The zero-order valence-corrected chi connectivity index (χ0v) is 10.5. The Bertz CT molecular complexity index is 575. The van der Waals surface area contributed by atoms with Gasteiger partial charge >= 0.3 is 10.2 Å². The maximum absolute atomic E-state index is 12.6. The highest BCUT2D eigenvalue weighted by Crippen LogP contribution is 2.24. The van der Waals surface area contributed by atoms with Gasteiger partial charge in [-0.2, -0.15) is 8.42 Å². The summed E-state index contributed by atoms with van der Waals surface area (Å²) >= 11 is 0. The molecule has 2 rings (SSSR count). The first-order valence-electron chi connectivity index (χ1n) is 5.36. The van der Waals surface area contributed by atoms with E-state index >= 15 is 0 Å². The van der Waals surface area contributed by atoms with Crippen molar-refractivity contribution in [3.05, 3.63) is 18.1 Å². The van der Waals surface area contributed by atoms with Crippen LogP contribution in [-0.2, 0) is 15.0 Å². The number of hydrogen-bond donors (Lipinski definition) is 0. The number of nitrogens with zero attached hydrogens (tertiary/aromatic N) is 3. The standard InChI is InChI=1S/C10H12FN3O3S/c1-7-3-12-4-9(13-7)14-5-8(2-10(14)15)6-18(11,16)17/h3-4,8H,2,5-6H2,1H3. The second-order valence-corrected chi connectivity index (χ2v) is 5.71. The molecular weight excluding hydrogens is 261 g/mol. The van der Waals surface area contributed by atoms with Gasteiger partial charge in [0.15, 0.2) is 5.82 Å². The SMILES string of the molecule is Cc1cncc(N2CC(CS(=O)(=O)F)CC2=O)n1. The zero-order valence-electron chi connectivity index (χ0n) is 9.71. The number of amides is 1. The average Bonchev–Trinajstić information content (AvgIpc) is 2.56. The van der Waals surface area contributed by atoms with Crippen molar-refractivity contribution in [2.24, 2.45) is 5.92 Å². The Morgan fingerprint density at radius 1 is 1.50 bits per heavy atom. The summed E-state index contributed by atoms with van der Waals surface area (Å²) in [4.78, 5) is 21.1. The Morgan fingerprint density at radius 3 is 2.83 bits per heavy atom. The second-order valence-electron chi connectivity index (χ2n) is 4.30. The lowest BCUT2D eigenvalue weighted by Crippen LogP contribution is -2.26. The van der Waals surface area contributed by atoms with Gasteiger partial charge in [-0.1, -0.05) is 0 Å². The van der Waals surface area contributed by atoms with Crippen LogP contribution in [0.4, 0.5) is 9.70 Å². The third kappa shape index (κ3) is 3.00. The molecule has 1 fully saturated rings. The summed E-state index contributed by atoms with van der Waals surface area (Å²) in [6.07, 6.45) is 2.99. The van der Waals surface area contributed by atoms with E-state index in [0.717, 1.165) is 0 Å². The Morgan fingerprint density at radius 2 is 2.22 bits per heavy atom. The molecule has 1 aliphatic rings. The summed E-state index contributed by atoms with van der Waals surface area (Å²) in [5.74, 6) is -1.05. The average molecular weight is 273 g/mol. The van der Waals surface area contributed by atoms with Gasteiger partial charge in [-0.25, -0.2) is 4.98 Å². The minimum Gasteiger partial charge on any atom is -0.295 e. The molecule has 1 aliphatic heterocycles. The minimum atomic E-state index is -4.56. The number of aryl methyl sites for hydroxylation is 1. The third-order valence-electron chi connectivity index (χ3n) is 2.66. The van der Waals surface area contributed by atoms with E-state index in [0.29, 0.717) is 11.5 Å². The van der Waals surface area contributed by atoms with E-state index in [-0.39, 0.29) is 18.9 Å². The monoisotopic (exact) mass is 273 g/mol. The molecule has 1 aromatic rings. The Kier molecular flexibility index (Phi) is 3.29. The zero-order chi connectivity index (χ0) is 13.3. The summed E-state index contributed by atoms with van der Waals surface area (Å²) < 4.78 is 33.7. The quantitative estimate of drug-likeness (QED) is 0.746. The number of anilines is 1. The summed E-state index contributed by atoms with van der Waals surface area (Å²) in [5, 5.41) is 0. The molecule has 0 bridgehead atoms. The maximum atomic E-state index is 12.6. The number of carbonyl (C=O) groups excluding carboxylic acids is 1. The van der Waals surface area contributed by atoms with Crippen molar-refractivity contribution in [1.29, 1.82) is 0 Å². The van der Waals surface area contributed by atoms with Gasteiger partial charge in [0.1, 0.15) is 0 Å². The Hall–Kier alpha value is -1.57. The fourth-order valence-corrected chi connectivity index (χ4v) is 2.76. The Balaban J connectivity index is 2.15.